The van der Waals surface area contributed by atoms with E-state index in [4.69, 9.17) is 0 Å². The monoisotopic (exact) mass is 242 g/mol. The highest BCUT2D eigenvalue weighted by Crippen LogP contribution is 2.30. The van der Waals surface area contributed by atoms with Crippen LogP contribution in [0.25, 0.3) is 0 Å². The van der Waals surface area contributed by atoms with Crippen molar-refractivity contribution >= 4 is 5.78 Å². The number of benzene rings is 2. The average Bonchev–Trinajstić information content (AvgIpc) is 2.35. The van der Waals surface area contributed by atoms with Gasteiger partial charge in [0.1, 0.15) is 11.5 Å². The van der Waals surface area contributed by atoms with E-state index >= 15 is 0 Å². The molecule has 3 heteroatoms. The molecule has 0 fully saturated rings. The van der Waals surface area contributed by atoms with Crippen LogP contribution in [0.4, 0.5) is 0 Å². The number of ketones is 1. The van der Waals surface area contributed by atoms with E-state index in [-0.39, 0.29) is 22.8 Å². The van der Waals surface area contributed by atoms with Gasteiger partial charge in [-0.05, 0) is 32.0 Å². The van der Waals surface area contributed by atoms with Crippen LogP contribution in [0.5, 0.6) is 11.5 Å². The molecule has 18 heavy (non-hydrogen) atoms. The Labute approximate surface area is 105 Å². The highest BCUT2D eigenvalue weighted by atomic mass is 16.3. The molecule has 0 atom stereocenters. The lowest BCUT2D eigenvalue weighted by Gasteiger charge is -2.08. The fourth-order valence-electron chi connectivity index (χ4n) is 1.81. The molecule has 0 amide bonds. The number of hydrogen-bond donors (Lipinski definition) is 2. The molecule has 0 saturated heterocycles. The Morgan fingerprint density at radius 2 is 1.78 bits per heavy atom. The molecule has 0 aliphatic carbocycles. The van der Waals surface area contributed by atoms with Crippen LogP contribution in [0, 0.1) is 13.8 Å². The smallest absolute Gasteiger partial charge is 0.196 e. The maximum Gasteiger partial charge on any atom is 0.196 e. The van der Waals surface area contributed by atoms with Crippen molar-refractivity contribution in [1.29, 1.82) is 0 Å². The molecule has 2 N–H and O–H groups in total. The standard InChI is InChI=1S/C15H14O3/c1-9-4-3-5-11(8-9)15(18)12-6-7-13(16)10(2)14(12)17/h3-8,16-17H,1-2H3. The third-order valence-electron chi connectivity index (χ3n) is 2.93. The van der Waals surface area contributed by atoms with Crippen molar-refractivity contribution in [3.05, 3.63) is 58.7 Å². The lowest BCUT2D eigenvalue weighted by molar-refractivity contribution is 0.103. The highest BCUT2D eigenvalue weighted by molar-refractivity contribution is 6.11. The van der Waals surface area contributed by atoms with Gasteiger partial charge in [0.05, 0.1) is 5.56 Å². The van der Waals surface area contributed by atoms with Gasteiger partial charge < -0.3 is 10.2 Å². The molecule has 2 aromatic carbocycles. The van der Waals surface area contributed by atoms with Gasteiger partial charge in [-0.3, -0.25) is 4.79 Å². The largest absolute Gasteiger partial charge is 0.508 e. The molecule has 92 valence electrons. The summed E-state index contributed by atoms with van der Waals surface area (Å²) in [4.78, 5) is 12.2. The minimum absolute atomic E-state index is 0.0201. The Kier molecular flexibility index (Phi) is 3.06. The van der Waals surface area contributed by atoms with E-state index in [0.29, 0.717) is 11.1 Å². The molecule has 2 rings (SSSR count). The van der Waals surface area contributed by atoms with Crippen molar-refractivity contribution < 1.29 is 15.0 Å². The Morgan fingerprint density at radius 3 is 2.44 bits per heavy atom. The van der Waals surface area contributed by atoms with Crippen molar-refractivity contribution in [1.82, 2.24) is 0 Å². The minimum Gasteiger partial charge on any atom is -0.508 e. The summed E-state index contributed by atoms with van der Waals surface area (Å²) in [6.45, 7) is 3.47. The van der Waals surface area contributed by atoms with Gasteiger partial charge in [0.25, 0.3) is 0 Å². The fourth-order valence-corrected chi connectivity index (χ4v) is 1.81. The van der Waals surface area contributed by atoms with Crippen molar-refractivity contribution in [2.24, 2.45) is 0 Å². The molecule has 3 nitrogen and oxygen atoms in total. The fraction of sp³-hybridized carbons (Fsp3) is 0.133. The van der Waals surface area contributed by atoms with Crippen LogP contribution in [-0.2, 0) is 0 Å². The van der Waals surface area contributed by atoms with E-state index < -0.39 is 0 Å². The summed E-state index contributed by atoms with van der Waals surface area (Å²) in [5.41, 5.74) is 2.02. The number of aryl methyl sites for hydroxylation is 1. The summed E-state index contributed by atoms with van der Waals surface area (Å²) in [6.07, 6.45) is 0. The summed E-state index contributed by atoms with van der Waals surface area (Å²) >= 11 is 0. The lowest BCUT2D eigenvalue weighted by atomic mass is 9.99. The zero-order chi connectivity index (χ0) is 13.3. The second-order valence-corrected chi connectivity index (χ2v) is 4.30. The lowest BCUT2D eigenvalue weighted by Crippen LogP contribution is -2.02. The van der Waals surface area contributed by atoms with E-state index in [1.165, 1.54) is 12.1 Å². The van der Waals surface area contributed by atoms with Crippen LogP contribution in [0.3, 0.4) is 0 Å². The number of phenolic OH excluding ortho intramolecular Hbond substituents is 2. The summed E-state index contributed by atoms with van der Waals surface area (Å²) < 4.78 is 0. The van der Waals surface area contributed by atoms with E-state index in [2.05, 4.69) is 0 Å². The maximum atomic E-state index is 12.2. The first kappa shape index (κ1) is 12.2. The first-order chi connectivity index (χ1) is 8.50. The van der Waals surface area contributed by atoms with Gasteiger partial charge in [-0.15, -0.1) is 0 Å². The maximum absolute atomic E-state index is 12.2. The average molecular weight is 242 g/mol. The Morgan fingerprint density at radius 1 is 1.06 bits per heavy atom. The topological polar surface area (TPSA) is 57.5 Å². The number of phenols is 2. The summed E-state index contributed by atoms with van der Waals surface area (Å²) in [7, 11) is 0. The Hall–Kier alpha value is -2.29. The molecule has 0 aliphatic rings. The molecule has 0 spiro atoms. The van der Waals surface area contributed by atoms with Crippen molar-refractivity contribution in [2.75, 3.05) is 0 Å². The molecule has 0 aliphatic heterocycles. The van der Waals surface area contributed by atoms with Gasteiger partial charge >= 0.3 is 0 Å². The number of hydrogen-bond acceptors (Lipinski definition) is 3. The highest BCUT2D eigenvalue weighted by Gasteiger charge is 2.16. The van der Waals surface area contributed by atoms with Gasteiger partial charge in [-0.25, -0.2) is 0 Å². The number of rotatable bonds is 2. The second-order valence-electron chi connectivity index (χ2n) is 4.30. The zero-order valence-corrected chi connectivity index (χ0v) is 10.3. The second kappa shape index (κ2) is 4.53. The molecular weight excluding hydrogens is 228 g/mol. The van der Waals surface area contributed by atoms with Crippen molar-refractivity contribution in [3.63, 3.8) is 0 Å². The summed E-state index contributed by atoms with van der Waals surface area (Å²) in [5, 5.41) is 19.3. The van der Waals surface area contributed by atoms with Gasteiger partial charge in [-0.2, -0.15) is 0 Å². The first-order valence-corrected chi connectivity index (χ1v) is 5.63. The van der Waals surface area contributed by atoms with E-state index in [9.17, 15) is 15.0 Å². The van der Waals surface area contributed by atoms with Gasteiger partial charge in [0.2, 0.25) is 0 Å². The Balaban J connectivity index is 2.50. The van der Waals surface area contributed by atoms with Crippen LogP contribution in [0.1, 0.15) is 27.0 Å². The molecule has 0 unspecified atom stereocenters. The molecule has 0 radical (unpaired) electrons. The molecular formula is C15H14O3. The number of aromatic hydroxyl groups is 2. The SMILES string of the molecule is Cc1cccc(C(=O)c2ccc(O)c(C)c2O)c1. The van der Waals surface area contributed by atoms with Crippen LogP contribution in [-0.4, -0.2) is 16.0 Å². The molecule has 0 heterocycles. The summed E-state index contributed by atoms with van der Waals surface area (Å²) in [6, 6.07) is 10.0. The van der Waals surface area contributed by atoms with Gasteiger partial charge in [-0.1, -0.05) is 23.8 Å². The predicted octanol–water partition coefficient (Wildman–Crippen LogP) is 2.95. The van der Waals surface area contributed by atoms with Crippen LogP contribution in [0.15, 0.2) is 36.4 Å². The van der Waals surface area contributed by atoms with E-state index in [1.807, 2.05) is 13.0 Å². The third kappa shape index (κ3) is 2.07. The molecule has 0 bridgehead atoms. The first-order valence-electron chi connectivity index (χ1n) is 5.63. The van der Waals surface area contributed by atoms with Crippen LogP contribution >= 0.6 is 0 Å². The van der Waals surface area contributed by atoms with Crippen LogP contribution in [0.2, 0.25) is 0 Å². The van der Waals surface area contributed by atoms with E-state index in [1.54, 1.807) is 25.1 Å². The third-order valence-corrected chi connectivity index (χ3v) is 2.93. The zero-order valence-electron chi connectivity index (χ0n) is 10.3. The quantitative estimate of drug-likeness (QED) is 0.796. The number of carbonyl (C=O) groups excluding carboxylic acids is 1. The van der Waals surface area contributed by atoms with Gasteiger partial charge in [0, 0.05) is 11.1 Å². The predicted molar refractivity (Wildman–Crippen MR) is 69.1 cm³/mol. The molecule has 0 saturated carbocycles. The van der Waals surface area contributed by atoms with Gasteiger partial charge in [0.15, 0.2) is 5.78 Å². The van der Waals surface area contributed by atoms with Crippen LogP contribution < -0.4 is 0 Å². The number of carbonyl (C=O) groups is 1. The van der Waals surface area contributed by atoms with E-state index in [0.717, 1.165) is 5.56 Å². The molecule has 0 aromatic heterocycles. The minimum atomic E-state index is -0.251. The molecule has 2 aromatic rings. The normalized spacial score (nSPS) is 10.3. The summed E-state index contributed by atoms with van der Waals surface area (Å²) in [5.74, 6) is -0.436. The van der Waals surface area contributed by atoms with Crippen molar-refractivity contribution in [2.45, 2.75) is 13.8 Å². The van der Waals surface area contributed by atoms with Crippen molar-refractivity contribution in [3.8, 4) is 11.5 Å². The Bertz CT molecular complexity index is 615.